The van der Waals surface area contributed by atoms with Crippen LogP contribution in [0, 0.1) is 0 Å². The number of esters is 1. The Morgan fingerprint density at radius 3 is 2.28 bits per heavy atom. The maximum atomic E-state index is 12.5. The molecule has 1 heterocycles. The molecule has 1 N–H and O–H groups in total. The Labute approximate surface area is 149 Å². The third kappa shape index (κ3) is 3.72. The van der Waals surface area contributed by atoms with Crippen LogP contribution in [0.2, 0.25) is 5.02 Å². The minimum atomic E-state index is -0.445. The number of benzene rings is 2. The van der Waals surface area contributed by atoms with E-state index in [4.69, 9.17) is 11.6 Å². The van der Waals surface area contributed by atoms with E-state index in [1.54, 1.807) is 42.5 Å². The van der Waals surface area contributed by atoms with E-state index < -0.39 is 5.97 Å². The van der Waals surface area contributed by atoms with E-state index in [0.29, 0.717) is 21.8 Å². The third-order valence-electron chi connectivity index (χ3n) is 3.66. The first-order chi connectivity index (χ1) is 12.1. The highest BCUT2D eigenvalue weighted by Gasteiger charge is 2.12. The maximum absolute atomic E-state index is 12.5. The molecule has 25 heavy (non-hydrogen) atoms. The van der Waals surface area contributed by atoms with Gasteiger partial charge in [-0.05, 0) is 54.6 Å². The zero-order valence-electron chi connectivity index (χ0n) is 13.4. The molecule has 1 amide bonds. The first kappa shape index (κ1) is 16.8. The smallest absolute Gasteiger partial charge is 0.337 e. The summed E-state index contributed by atoms with van der Waals surface area (Å²) >= 11 is 6.08. The van der Waals surface area contributed by atoms with Gasteiger partial charge in [0.05, 0.1) is 24.0 Å². The zero-order chi connectivity index (χ0) is 17.8. The number of carbonyl (C=O) groups excluding carboxylic acids is 2. The van der Waals surface area contributed by atoms with Gasteiger partial charge in [0.2, 0.25) is 0 Å². The van der Waals surface area contributed by atoms with Crippen LogP contribution >= 0.6 is 11.6 Å². The quantitative estimate of drug-likeness (QED) is 0.715. The van der Waals surface area contributed by atoms with Crippen molar-refractivity contribution in [3.05, 3.63) is 83.1 Å². The Morgan fingerprint density at radius 1 is 1.00 bits per heavy atom. The van der Waals surface area contributed by atoms with Crippen LogP contribution in [0.1, 0.15) is 20.7 Å². The summed E-state index contributed by atoms with van der Waals surface area (Å²) in [4.78, 5) is 24.0. The number of anilines is 1. The first-order valence-corrected chi connectivity index (χ1v) is 7.89. The van der Waals surface area contributed by atoms with Gasteiger partial charge in [-0.2, -0.15) is 0 Å². The normalized spacial score (nSPS) is 10.3. The van der Waals surface area contributed by atoms with Gasteiger partial charge in [-0.1, -0.05) is 11.6 Å². The van der Waals surface area contributed by atoms with Crippen molar-refractivity contribution in [3.8, 4) is 5.69 Å². The van der Waals surface area contributed by atoms with Crippen LogP contribution in [0.4, 0.5) is 5.69 Å². The molecule has 0 bridgehead atoms. The molecule has 5 nitrogen and oxygen atoms in total. The van der Waals surface area contributed by atoms with Crippen LogP contribution in [0.25, 0.3) is 5.69 Å². The fourth-order valence-corrected chi connectivity index (χ4v) is 2.56. The topological polar surface area (TPSA) is 60.3 Å². The van der Waals surface area contributed by atoms with Crippen molar-refractivity contribution in [2.75, 3.05) is 12.4 Å². The molecule has 0 saturated heterocycles. The Bertz CT molecular complexity index is 903. The fraction of sp³-hybridized carbons (Fsp3) is 0.0526. The van der Waals surface area contributed by atoms with Gasteiger partial charge in [0, 0.05) is 23.0 Å². The van der Waals surface area contributed by atoms with Crippen LogP contribution in [-0.4, -0.2) is 23.6 Å². The molecule has 3 aromatic rings. The van der Waals surface area contributed by atoms with Crippen molar-refractivity contribution in [2.45, 2.75) is 0 Å². The number of carbonyl (C=O) groups is 2. The minimum absolute atomic E-state index is 0.285. The van der Waals surface area contributed by atoms with Crippen molar-refractivity contribution < 1.29 is 14.3 Å². The average Bonchev–Trinajstić information content (AvgIpc) is 3.17. The lowest BCUT2D eigenvalue weighted by atomic mass is 10.1. The van der Waals surface area contributed by atoms with Crippen LogP contribution in [0.5, 0.6) is 0 Å². The van der Waals surface area contributed by atoms with Gasteiger partial charge in [0.15, 0.2) is 0 Å². The Hall–Kier alpha value is -3.05. The van der Waals surface area contributed by atoms with Gasteiger partial charge in [-0.15, -0.1) is 0 Å². The molecular formula is C19H15ClN2O3. The van der Waals surface area contributed by atoms with Crippen LogP contribution in [0.3, 0.4) is 0 Å². The summed E-state index contributed by atoms with van der Waals surface area (Å²) < 4.78 is 6.51. The van der Waals surface area contributed by atoms with E-state index in [2.05, 4.69) is 10.1 Å². The number of hydrogen-bond donors (Lipinski definition) is 1. The van der Waals surface area contributed by atoms with E-state index in [9.17, 15) is 9.59 Å². The van der Waals surface area contributed by atoms with Crippen molar-refractivity contribution in [1.29, 1.82) is 0 Å². The average molecular weight is 355 g/mol. The molecule has 0 radical (unpaired) electrons. The van der Waals surface area contributed by atoms with E-state index in [1.165, 1.54) is 7.11 Å². The number of halogens is 1. The number of nitrogens with zero attached hydrogens (tertiary/aromatic N) is 1. The number of nitrogens with one attached hydrogen (secondary N) is 1. The van der Waals surface area contributed by atoms with Gasteiger partial charge < -0.3 is 14.6 Å². The number of ether oxygens (including phenoxy) is 1. The zero-order valence-corrected chi connectivity index (χ0v) is 14.2. The lowest BCUT2D eigenvalue weighted by molar-refractivity contribution is 0.0600. The number of rotatable bonds is 4. The molecule has 0 aliphatic carbocycles. The van der Waals surface area contributed by atoms with E-state index >= 15 is 0 Å². The molecule has 3 rings (SSSR count). The van der Waals surface area contributed by atoms with Crippen molar-refractivity contribution in [2.24, 2.45) is 0 Å². The molecule has 0 aliphatic rings. The van der Waals surface area contributed by atoms with E-state index in [-0.39, 0.29) is 5.91 Å². The second kappa shape index (κ2) is 7.23. The highest BCUT2D eigenvalue weighted by atomic mass is 35.5. The lowest BCUT2D eigenvalue weighted by Crippen LogP contribution is -2.14. The molecule has 0 saturated carbocycles. The monoisotopic (exact) mass is 354 g/mol. The van der Waals surface area contributed by atoms with Crippen LogP contribution in [0.15, 0.2) is 67.0 Å². The van der Waals surface area contributed by atoms with Gasteiger partial charge in [-0.25, -0.2) is 4.79 Å². The minimum Gasteiger partial charge on any atom is -0.465 e. The van der Waals surface area contributed by atoms with Gasteiger partial charge >= 0.3 is 5.97 Å². The van der Waals surface area contributed by atoms with E-state index in [1.807, 2.05) is 29.1 Å². The number of methoxy groups -OCH3 is 1. The van der Waals surface area contributed by atoms with Crippen molar-refractivity contribution in [1.82, 2.24) is 4.57 Å². The van der Waals surface area contributed by atoms with Crippen molar-refractivity contribution in [3.63, 3.8) is 0 Å². The molecule has 1 aromatic heterocycles. The van der Waals surface area contributed by atoms with Crippen molar-refractivity contribution >= 4 is 29.2 Å². The highest BCUT2D eigenvalue weighted by molar-refractivity contribution is 6.31. The summed E-state index contributed by atoms with van der Waals surface area (Å²) in [6.07, 6.45) is 3.74. The fourth-order valence-electron chi connectivity index (χ4n) is 2.39. The largest absolute Gasteiger partial charge is 0.465 e. The number of amides is 1. The second-order valence-electron chi connectivity index (χ2n) is 5.27. The molecule has 0 spiro atoms. The predicted molar refractivity (Wildman–Crippen MR) is 96.5 cm³/mol. The summed E-state index contributed by atoms with van der Waals surface area (Å²) in [5.41, 5.74) is 2.21. The summed E-state index contributed by atoms with van der Waals surface area (Å²) in [7, 11) is 1.31. The Kier molecular flexibility index (Phi) is 4.86. The lowest BCUT2D eigenvalue weighted by Gasteiger charge is -2.13. The molecule has 0 aliphatic heterocycles. The molecule has 0 atom stereocenters. The first-order valence-electron chi connectivity index (χ1n) is 7.51. The summed E-state index contributed by atoms with van der Waals surface area (Å²) in [6, 6.07) is 15.3. The maximum Gasteiger partial charge on any atom is 0.337 e. The second-order valence-corrected chi connectivity index (χ2v) is 5.71. The van der Waals surface area contributed by atoms with Gasteiger partial charge in [-0.3, -0.25) is 4.79 Å². The molecule has 6 heteroatoms. The Balaban J connectivity index is 1.85. The van der Waals surface area contributed by atoms with Gasteiger partial charge in [0.25, 0.3) is 5.91 Å². The summed E-state index contributed by atoms with van der Waals surface area (Å²) in [6.45, 7) is 0. The standard InChI is InChI=1S/C19H15ClN2O3/c1-25-19(24)14-6-4-13(5-7-14)18(23)21-16-9-8-15(20)12-17(16)22-10-2-3-11-22/h2-12H,1H3,(H,21,23). The number of hydrogen-bond acceptors (Lipinski definition) is 3. The SMILES string of the molecule is COC(=O)c1ccc(C(=O)Nc2ccc(Cl)cc2-n2cccc2)cc1. The van der Waals surface area contributed by atoms with Crippen LogP contribution < -0.4 is 5.32 Å². The highest BCUT2D eigenvalue weighted by Crippen LogP contribution is 2.25. The molecule has 0 unspecified atom stereocenters. The Morgan fingerprint density at radius 2 is 1.64 bits per heavy atom. The third-order valence-corrected chi connectivity index (χ3v) is 3.89. The molecule has 0 fully saturated rings. The molecule has 2 aromatic carbocycles. The summed E-state index contributed by atoms with van der Waals surface area (Å²) in [5, 5.41) is 3.44. The van der Waals surface area contributed by atoms with Crippen LogP contribution in [-0.2, 0) is 4.74 Å². The predicted octanol–water partition coefficient (Wildman–Crippen LogP) is 4.17. The number of aromatic nitrogens is 1. The molecular weight excluding hydrogens is 340 g/mol. The van der Waals surface area contributed by atoms with Gasteiger partial charge in [0.1, 0.15) is 0 Å². The summed E-state index contributed by atoms with van der Waals surface area (Å²) in [5.74, 6) is -0.730. The molecule has 126 valence electrons. The van der Waals surface area contributed by atoms with E-state index in [0.717, 1.165) is 5.69 Å².